The Bertz CT molecular complexity index is 959. The van der Waals surface area contributed by atoms with Crippen molar-refractivity contribution in [3.63, 3.8) is 0 Å². The Morgan fingerprint density at radius 1 is 1.00 bits per heavy atom. The number of nitrogens with zero attached hydrogens (tertiary/aromatic N) is 1. The predicted molar refractivity (Wildman–Crippen MR) is 131 cm³/mol. The first-order valence-corrected chi connectivity index (χ1v) is 11.5. The molecule has 1 unspecified atom stereocenters. The number of esters is 1. The fraction of sp³-hybridized carbons (Fsp3) is 0.346. The normalized spacial score (nSPS) is 15.1. The molecule has 0 radical (unpaired) electrons. The third kappa shape index (κ3) is 10.3. The lowest BCUT2D eigenvalue weighted by Crippen LogP contribution is -2.35. The molecule has 2 N–H and O–H groups in total. The highest BCUT2D eigenvalue weighted by Gasteiger charge is 2.19. The first kappa shape index (κ1) is 28.0. The van der Waals surface area contributed by atoms with Crippen LogP contribution in [0.2, 0.25) is 5.02 Å². The van der Waals surface area contributed by atoms with Gasteiger partial charge in [-0.3, -0.25) is 0 Å². The van der Waals surface area contributed by atoms with Crippen molar-refractivity contribution in [2.24, 2.45) is 5.92 Å². The maximum Gasteiger partial charge on any atom is 0.414 e. The van der Waals surface area contributed by atoms with Crippen molar-refractivity contribution in [1.82, 2.24) is 4.90 Å². The number of methoxy groups -OCH3 is 1. The monoisotopic (exact) mass is 503 g/mol. The molecular formula is C26H30ClNO7. The Morgan fingerprint density at radius 2 is 1.57 bits per heavy atom. The van der Waals surface area contributed by atoms with Gasteiger partial charge in [0.2, 0.25) is 0 Å². The van der Waals surface area contributed by atoms with E-state index >= 15 is 0 Å². The quantitative estimate of drug-likeness (QED) is 0.315. The van der Waals surface area contributed by atoms with Crippen LogP contribution in [0.3, 0.4) is 0 Å². The summed E-state index contributed by atoms with van der Waals surface area (Å²) >= 11 is 6.05. The van der Waals surface area contributed by atoms with E-state index in [1.165, 1.54) is 7.11 Å². The van der Waals surface area contributed by atoms with Gasteiger partial charge in [0, 0.05) is 17.6 Å². The van der Waals surface area contributed by atoms with Crippen molar-refractivity contribution in [3.05, 3.63) is 82.9 Å². The maximum atomic E-state index is 11.2. The first-order valence-electron chi connectivity index (χ1n) is 11.2. The second kappa shape index (κ2) is 14.9. The molecule has 0 saturated carbocycles. The van der Waals surface area contributed by atoms with Crippen LogP contribution in [0, 0.1) is 5.92 Å². The average molecular weight is 504 g/mol. The number of likely N-dealkylation sites (tertiary alicyclic amines) is 1. The third-order valence-electron chi connectivity index (χ3n) is 5.49. The minimum atomic E-state index is -1.82. The number of rotatable bonds is 8. The summed E-state index contributed by atoms with van der Waals surface area (Å²) in [6, 6.07) is 18.1. The standard InChI is InChI=1S/C24H28ClNO3.C2H2O4/c1-28-23(27)12-7-19-13-15-26(16-14-19)17-18-29-24(20-5-3-2-4-6-20)21-8-10-22(25)11-9-21;3-1(4)2(5)6/h2-12,19,24H,13-18H2,1H3;(H,3,4)(H,5,6). The zero-order valence-corrected chi connectivity index (χ0v) is 20.3. The summed E-state index contributed by atoms with van der Waals surface area (Å²) in [5.74, 6) is -3.49. The molecule has 1 saturated heterocycles. The molecular weight excluding hydrogens is 474 g/mol. The number of aliphatic carboxylic acids is 2. The van der Waals surface area contributed by atoms with E-state index in [4.69, 9.17) is 36.1 Å². The van der Waals surface area contributed by atoms with E-state index in [2.05, 4.69) is 21.8 Å². The van der Waals surface area contributed by atoms with Crippen molar-refractivity contribution >= 4 is 29.5 Å². The third-order valence-corrected chi connectivity index (χ3v) is 5.74. The van der Waals surface area contributed by atoms with E-state index in [1.54, 1.807) is 6.08 Å². The molecule has 0 aliphatic carbocycles. The second-order valence-electron chi connectivity index (χ2n) is 7.88. The van der Waals surface area contributed by atoms with Gasteiger partial charge in [0.1, 0.15) is 6.10 Å². The lowest BCUT2D eigenvalue weighted by Gasteiger charge is -2.31. The van der Waals surface area contributed by atoms with Crippen LogP contribution in [0.15, 0.2) is 66.7 Å². The molecule has 1 aliphatic rings. The van der Waals surface area contributed by atoms with Gasteiger partial charge in [-0.1, -0.05) is 60.1 Å². The van der Waals surface area contributed by atoms with Crippen LogP contribution >= 0.6 is 11.6 Å². The average Bonchev–Trinajstić information content (AvgIpc) is 2.87. The number of halogens is 1. The second-order valence-corrected chi connectivity index (χ2v) is 8.32. The molecule has 9 heteroatoms. The highest BCUT2D eigenvalue weighted by atomic mass is 35.5. The van der Waals surface area contributed by atoms with Crippen LogP contribution in [0.4, 0.5) is 0 Å². The minimum absolute atomic E-state index is 0.103. The van der Waals surface area contributed by atoms with Gasteiger partial charge in [-0.2, -0.15) is 0 Å². The maximum absolute atomic E-state index is 11.2. The van der Waals surface area contributed by atoms with Gasteiger partial charge in [0.15, 0.2) is 0 Å². The van der Waals surface area contributed by atoms with Crippen molar-refractivity contribution in [3.8, 4) is 0 Å². The molecule has 0 amide bonds. The first-order chi connectivity index (χ1) is 16.8. The smallest absolute Gasteiger partial charge is 0.414 e. The number of benzene rings is 2. The van der Waals surface area contributed by atoms with Crippen LogP contribution in [-0.4, -0.2) is 66.4 Å². The molecule has 0 bridgehead atoms. The lowest BCUT2D eigenvalue weighted by molar-refractivity contribution is -0.159. The highest BCUT2D eigenvalue weighted by Crippen LogP contribution is 2.27. The summed E-state index contributed by atoms with van der Waals surface area (Å²) in [6.07, 6.45) is 5.51. The van der Waals surface area contributed by atoms with Gasteiger partial charge in [-0.05, 0) is 55.1 Å². The van der Waals surface area contributed by atoms with Gasteiger partial charge in [0.05, 0.1) is 13.7 Å². The number of hydrogen-bond donors (Lipinski definition) is 2. The Labute approximate surface area is 209 Å². The van der Waals surface area contributed by atoms with E-state index < -0.39 is 11.9 Å². The fourth-order valence-electron chi connectivity index (χ4n) is 3.60. The summed E-state index contributed by atoms with van der Waals surface area (Å²) in [5.41, 5.74) is 2.24. The summed E-state index contributed by atoms with van der Waals surface area (Å²) in [6.45, 7) is 3.57. The zero-order chi connectivity index (χ0) is 25.6. The van der Waals surface area contributed by atoms with E-state index in [-0.39, 0.29) is 12.1 Å². The number of carboxylic acid groups (broad SMARTS) is 2. The highest BCUT2D eigenvalue weighted by molar-refractivity contribution is 6.30. The molecule has 3 rings (SSSR count). The molecule has 1 fully saturated rings. The molecule has 1 atom stereocenters. The summed E-state index contributed by atoms with van der Waals surface area (Å²) in [4.78, 5) is 31.9. The molecule has 1 heterocycles. The predicted octanol–water partition coefficient (Wildman–Crippen LogP) is 4.04. The van der Waals surface area contributed by atoms with Crippen LogP contribution in [-0.2, 0) is 23.9 Å². The van der Waals surface area contributed by atoms with Gasteiger partial charge in [-0.15, -0.1) is 0 Å². The molecule has 0 aromatic heterocycles. The Balaban J connectivity index is 0.000000641. The number of carbonyl (C=O) groups is 3. The van der Waals surface area contributed by atoms with Crippen LogP contribution < -0.4 is 0 Å². The number of hydrogen-bond acceptors (Lipinski definition) is 6. The van der Waals surface area contributed by atoms with E-state index in [9.17, 15) is 4.79 Å². The molecule has 35 heavy (non-hydrogen) atoms. The van der Waals surface area contributed by atoms with E-state index in [1.807, 2.05) is 48.5 Å². The number of allylic oxidation sites excluding steroid dienone is 1. The topological polar surface area (TPSA) is 113 Å². The van der Waals surface area contributed by atoms with Crippen molar-refractivity contribution in [2.45, 2.75) is 18.9 Å². The SMILES string of the molecule is COC(=O)C=CC1CCN(CCOC(c2ccccc2)c2ccc(Cl)cc2)CC1.O=C(O)C(=O)O. The van der Waals surface area contributed by atoms with Crippen molar-refractivity contribution in [1.29, 1.82) is 0 Å². The van der Waals surface area contributed by atoms with Gasteiger partial charge in [0.25, 0.3) is 0 Å². The Kier molecular flexibility index (Phi) is 12.0. The molecule has 0 spiro atoms. The summed E-state index contributed by atoms with van der Waals surface area (Å²) in [5, 5.41) is 15.5. The number of carbonyl (C=O) groups excluding carboxylic acids is 1. The number of ether oxygens (including phenoxy) is 2. The molecule has 2 aromatic rings. The largest absolute Gasteiger partial charge is 0.473 e. The lowest BCUT2D eigenvalue weighted by atomic mass is 9.96. The minimum Gasteiger partial charge on any atom is -0.473 e. The molecule has 8 nitrogen and oxygen atoms in total. The Morgan fingerprint density at radius 3 is 2.11 bits per heavy atom. The molecule has 1 aliphatic heterocycles. The van der Waals surface area contributed by atoms with Gasteiger partial charge < -0.3 is 24.6 Å². The zero-order valence-electron chi connectivity index (χ0n) is 19.5. The summed E-state index contributed by atoms with van der Waals surface area (Å²) < 4.78 is 11.0. The van der Waals surface area contributed by atoms with Crippen LogP contribution in [0.5, 0.6) is 0 Å². The number of carboxylic acids is 2. The molecule has 188 valence electrons. The van der Waals surface area contributed by atoms with Gasteiger partial charge >= 0.3 is 17.9 Å². The van der Waals surface area contributed by atoms with Gasteiger partial charge in [-0.25, -0.2) is 14.4 Å². The van der Waals surface area contributed by atoms with Crippen molar-refractivity contribution in [2.75, 3.05) is 33.4 Å². The fourth-order valence-corrected chi connectivity index (χ4v) is 3.73. The van der Waals surface area contributed by atoms with E-state index in [0.717, 1.165) is 48.6 Å². The summed E-state index contributed by atoms with van der Waals surface area (Å²) in [7, 11) is 1.40. The molecule has 2 aromatic carbocycles. The van der Waals surface area contributed by atoms with E-state index in [0.29, 0.717) is 12.5 Å². The van der Waals surface area contributed by atoms with Crippen LogP contribution in [0.25, 0.3) is 0 Å². The van der Waals surface area contributed by atoms with Crippen molar-refractivity contribution < 1.29 is 34.1 Å². The van der Waals surface area contributed by atoms with Crippen LogP contribution in [0.1, 0.15) is 30.1 Å². The number of piperidine rings is 1. The Hall–Kier alpha value is -3.20.